The summed E-state index contributed by atoms with van der Waals surface area (Å²) >= 11 is 3.40. The molecule has 23 heavy (non-hydrogen) atoms. The fourth-order valence-corrected chi connectivity index (χ4v) is 3.37. The number of benzene rings is 1. The Balaban J connectivity index is 2.28. The Morgan fingerprint density at radius 2 is 2.17 bits per heavy atom. The molecule has 0 spiro atoms. The summed E-state index contributed by atoms with van der Waals surface area (Å²) < 4.78 is 11.5. The molecule has 1 atom stereocenters. The average molecular weight is 386 g/mol. The summed E-state index contributed by atoms with van der Waals surface area (Å²) in [5.74, 6) is -0.0513. The molecular weight excluding hydrogens is 366 g/mol. The van der Waals surface area contributed by atoms with Gasteiger partial charge in [0.1, 0.15) is 0 Å². The van der Waals surface area contributed by atoms with Crippen molar-refractivity contribution in [3.05, 3.63) is 22.2 Å². The van der Waals surface area contributed by atoms with Crippen molar-refractivity contribution < 1.29 is 24.2 Å². The second-order valence-corrected chi connectivity index (χ2v) is 6.17. The number of rotatable bonds is 6. The average Bonchev–Trinajstić information content (AvgIpc) is 2.95. The lowest BCUT2D eigenvalue weighted by molar-refractivity contribution is -0.137. The number of aliphatic carboxylic acids is 1. The molecule has 1 heterocycles. The number of hydrogen-bond donors (Lipinski definition) is 1. The SMILES string of the molecule is CCOc1c(Br)cc(C(=O)N2CCCC2CC(=O)O)cc1OC. The highest BCUT2D eigenvalue weighted by Crippen LogP contribution is 2.37. The Bertz CT molecular complexity index is 604. The van der Waals surface area contributed by atoms with Crippen LogP contribution in [0.1, 0.15) is 36.5 Å². The van der Waals surface area contributed by atoms with Crippen molar-refractivity contribution in [3.8, 4) is 11.5 Å². The molecule has 1 amide bonds. The van der Waals surface area contributed by atoms with Crippen LogP contribution in [0.15, 0.2) is 16.6 Å². The molecular formula is C16H20BrNO5. The normalized spacial score (nSPS) is 17.2. The molecule has 0 aromatic heterocycles. The van der Waals surface area contributed by atoms with Crippen molar-refractivity contribution >= 4 is 27.8 Å². The van der Waals surface area contributed by atoms with E-state index in [9.17, 15) is 9.59 Å². The highest BCUT2D eigenvalue weighted by Gasteiger charge is 2.31. The van der Waals surface area contributed by atoms with Gasteiger partial charge in [0.25, 0.3) is 5.91 Å². The predicted octanol–water partition coefficient (Wildman–Crippen LogP) is 2.94. The van der Waals surface area contributed by atoms with Crippen LogP contribution in [0.25, 0.3) is 0 Å². The number of likely N-dealkylation sites (tertiary alicyclic amines) is 1. The predicted molar refractivity (Wildman–Crippen MR) is 88.2 cm³/mol. The second-order valence-electron chi connectivity index (χ2n) is 5.31. The van der Waals surface area contributed by atoms with Crippen LogP contribution in [-0.2, 0) is 4.79 Å². The molecule has 1 saturated heterocycles. The number of carboxylic acids is 1. The van der Waals surface area contributed by atoms with E-state index < -0.39 is 5.97 Å². The Kier molecular flexibility index (Phi) is 5.87. The standard InChI is InChI=1S/C16H20BrNO5/c1-3-23-15-12(17)7-10(8-13(15)22-2)16(21)18-6-4-5-11(18)9-14(19)20/h7-8,11H,3-6,9H2,1-2H3,(H,19,20). The molecule has 0 radical (unpaired) electrons. The van der Waals surface area contributed by atoms with Gasteiger partial charge in [-0.2, -0.15) is 0 Å². The summed E-state index contributed by atoms with van der Waals surface area (Å²) in [6.07, 6.45) is 1.51. The summed E-state index contributed by atoms with van der Waals surface area (Å²) in [5.41, 5.74) is 0.453. The van der Waals surface area contributed by atoms with Crippen molar-refractivity contribution in [2.24, 2.45) is 0 Å². The molecule has 1 unspecified atom stereocenters. The summed E-state index contributed by atoms with van der Waals surface area (Å²) in [6, 6.07) is 3.07. The monoisotopic (exact) mass is 385 g/mol. The van der Waals surface area contributed by atoms with Crippen LogP contribution < -0.4 is 9.47 Å². The number of carboxylic acid groups (broad SMARTS) is 1. The van der Waals surface area contributed by atoms with Crippen LogP contribution in [-0.4, -0.2) is 48.2 Å². The Morgan fingerprint density at radius 1 is 1.43 bits per heavy atom. The smallest absolute Gasteiger partial charge is 0.305 e. The third kappa shape index (κ3) is 3.96. The molecule has 0 saturated carbocycles. The van der Waals surface area contributed by atoms with Crippen molar-refractivity contribution in [1.82, 2.24) is 4.90 Å². The van der Waals surface area contributed by atoms with E-state index in [1.165, 1.54) is 7.11 Å². The largest absolute Gasteiger partial charge is 0.493 e. The van der Waals surface area contributed by atoms with Crippen LogP contribution in [0.3, 0.4) is 0 Å². The maximum Gasteiger partial charge on any atom is 0.305 e. The van der Waals surface area contributed by atoms with Gasteiger partial charge in [0, 0.05) is 18.2 Å². The first kappa shape index (κ1) is 17.6. The first-order valence-electron chi connectivity index (χ1n) is 7.51. The maximum absolute atomic E-state index is 12.7. The first-order chi connectivity index (χ1) is 11.0. The molecule has 2 rings (SSSR count). The topological polar surface area (TPSA) is 76.1 Å². The number of halogens is 1. The van der Waals surface area contributed by atoms with Gasteiger partial charge < -0.3 is 19.5 Å². The molecule has 1 aromatic carbocycles. The van der Waals surface area contributed by atoms with Gasteiger partial charge in [-0.1, -0.05) is 0 Å². The van der Waals surface area contributed by atoms with E-state index in [1.54, 1.807) is 17.0 Å². The van der Waals surface area contributed by atoms with Gasteiger partial charge in [0.05, 0.1) is 24.6 Å². The molecule has 1 N–H and O–H groups in total. The minimum Gasteiger partial charge on any atom is -0.493 e. The number of methoxy groups -OCH3 is 1. The lowest BCUT2D eigenvalue weighted by Gasteiger charge is -2.24. The zero-order valence-corrected chi connectivity index (χ0v) is 14.8. The molecule has 7 heteroatoms. The van der Waals surface area contributed by atoms with Crippen LogP contribution in [0.5, 0.6) is 11.5 Å². The van der Waals surface area contributed by atoms with Crippen LogP contribution >= 0.6 is 15.9 Å². The van der Waals surface area contributed by atoms with E-state index in [-0.39, 0.29) is 18.4 Å². The van der Waals surface area contributed by atoms with Gasteiger partial charge in [-0.25, -0.2) is 0 Å². The van der Waals surface area contributed by atoms with Gasteiger partial charge >= 0.3 is 5.97 Å². The summed E-state index contributed by atoms with van der Waals surface area (Å²) in [4.78, 5) is 25.3. The fourth-order valence-electron chi connectivity index (χ4n) is 2.81. The molecule has 126 valence electrons. The van der Waals surface area contributed by atoms with E-state index in [1.807, 2.05) is 6.92 Å². The summed E-state index contributed by atoms with van der Waals surface area (Å²) in [5, 5.41) is 8.98. The third-order valence-corrected chi connectivity index (χ3v) is 4.40. The molecule has 6 nitrogen and oxygen atoms in total. The van der Waals surface area contributed by atoms with Crippen molar-refractivity contribution in [2.45, 2.75) is 32.2 Å². The van der Waals surface area contributed by atoms with E-state index in [0.717, 1.165) is 6.42 Å². The van der Waals surface area contributed by atoms with E-state index in [4.69, 9.17) is 14.6 Å². The van der Waals surface area contributed by atoms with Crippen LogP contribution in [0, 0.1) is 0 Å². The quantitative estimate of drug-likeness (QED) is 0.814. The molecule has 0 bridgehead atoms. The van der Waals surface area contributed by atoms with Gasteiger partial charge in [-0.15, -0.1) is 0 Å². The lowest BCUT2D eigenvalue weighted by Crippen LogP contribution is -2.36. The van der Waals surface area contributed by atoms with Crippen molar-refractivity contribution in [3.63, 3.8) is 0 Å². The molecule has 1 aliphatic rings. The zero-order valence-electron chi connectivity index (χ0n) is 13.2. The first-order valence-corrected chi connectivity index (χ1v) is 8.30. The number of carbonyl (C=O) groups excluding carboxylic acids is 1. The number of carbonyl (C=O) groups is 2. The summed E-state index contributed by atoms with van der Waals surface area (Å²) in [7, 11) is 1.52. The summed E-state index contributed by atoms with van der Waals surface area (Å²) in [6.45, 7) is 2.92. The van der Waals surface area contributed by atoms with Gasteiger partial charge in [0.15, 0.2) is 11.5 Å². The number of amides is 1. The van der Waals surface area contributed by atoms with E-state index in [2.05, 4.69) is 15.9 Å². The number of ether oxygens (including phenoxy) is 2. The Morgan fingerprint density at radius 3 is 2.78 bits per heavy atom. The van der Waals surface area contributed by atoms with Gasteiger partial charge in [-0.3, -0.25) is 9.59 Å². The number of nitrogens with zero attached hydrogens (tertiary/aromatic N) is 1. The van der Waals surface area contributed by atoms with Gasteiger partial charge in [-0.05, 0) is 47.8 Å². The third-order valence-electron chi connectivity index (χ3n) is 3.81. The van der Waals surface area contributed by atoms with Crippen LogP contribution in [0.2, 0.25) is 0 Å². The minimum atomic E-state index is -0.889. The van der Waals surface area contributed by atoms with Crippen LogP contribution in [0.4, 0.5) is 0 Å². The van der Waals surface area contributed by atoms with Crippen molar-refractivity contribution in [1.29, 1.82) is 0 Å². The van der Waals surface area contributed by atoms with E-state index >= 15 is 0 Å². The Labute approximate surface area is 143 Å². The fraction of sp³-hybridized carbons (Fsp3) is 0.500. The molecule has 1 aliphatic heterocycles. The second kappa shape index (κ2) is 7.68. The lowest BCUT2D eigenvalue weighted by atomic mass is 10.1. The number of hydrogen-bond acceptors (Lipinski definition) is 4. The molecule has 1 fully saturated rings. The highest BCUT2D eigenvalue weighted by atomic mass is 79.9. The molecule has 1 aromatic rings. The minimum absolute atomic E-state index is 0.0267. The molecule has 0 aliphatic carbocycles. The van der Waals surface area contributed by atoms with Gasteiger partial charge in [0.2, 0.25) is 0 Å². The van der Waals surface area contributed by atoms with E-state index in [0.29, 0.717) is 41.1 Å². The highest BCUT2D eigenvalue weighted by molar-refractivity contribution is 9.10. The Hall–Kier alpha value is -1.76. The maximum atomic E-state index is 12.7. The van der Waals surface area contributed by atoms with Crippen molar-refractivity contribution in [2.75, 3.05) is 20.3 Å². The zero-order chi connectivity index (χ0) is 17.0.